The van der Waals surface area contributed by atoms with Crippen LogP contribution in [0.4, 0.5) is 11.9 Å². The Morgan fingerprint density at radius 3 is 2.53 bits per heavy atom. The van der Waals surface area contributed by atoms with Crippen LogP contribution in [-0.4, -0.2) is 34.6 Å². The molecule has 0 saturated heterocycles. The monoisotopic (exact) mass is 265 g/mol. The lowest BCUT2D eigenvalue weighted by atomic mass is 9.83. The zero-order valence-electron chi connectivity index (χ0n) is 11.8. The molecule has 1 aromatic heterocycles. The first-order chi connectivity index (χ1) is 9.22. The summed E-state index contributed by atoms with van der Waals surface area (Å²) in [5.74, 6) is 1.63. The van der Waals surface area contributed by atoms with Gasteiger partial charge in [-0.3, -0.25) is 0 Å². The summed E-state index contributed by atoms with van der Waals surface area (Å²) in [6.45, 7) is 6.44. The van der Waals surface area contributed by atoms with Gasteiger partial charge in [-0.1, -0.05) is 19.3 Å². The minimum absolute atomic E-state index is 0.218. The summed E-state index contributed by atoms with van der Waals surface area (Å²) in [5, 5.41) is 0. The zero-order valence-corrected chi connectivity index (χ0v) is 11.8. The Labute approximate surface area is 114 Å². The van der Waals surface area contributed by atoms with Gasteiger partial charge in [0.25, 0.3) is 0 Å². The Morgan fingerprint density at radius 1 is 1.21 bits per heavy atom. The summed E-state index contributed by atoms with van der Waals surface area (Å²) in [7, 11) is 0. The first-order valence-corrected chi connectivity index (χ1v) is 7.12. The molecule has 2 rings (SSSR count). The summed E-state index contributed by atoms with van der Waals surface area (Å²) in [5.41, 5.74) is 5.71. The molecule has 1 heterocycles. The van der Waals surface area contributed by atoms with Gasteiger partial charge in [0.2, 0.25) is 11.9 Å². The van der Waals surface area contributed by atoms with Crippen molar-refractivity contribution >= 4 is 11.9 Å². The lowest BCUT2D eigenvalue weighted by Gasteiger charge is -2.24. The molecular formula is C13H23N5O. The SMILES string of the molecule is CCN(CC)c1nc(N)nc(OCCC2CCC2)n1. The van der Waals surface area contributed by atoms with Crippen LogP contribution in [0.25, 0.3) is 0 Å². The molecule has 19 heavy (non-hydrogen) atoms. The second kappa shape index (κ2) is 6.54. The maximum Gasteiger partial charge on any atom is 0.323 e. The third kappa shape index (κ3) is 3.68. The maximum atomic E-state index is 5.71. The molecule has 0 amide bonds. The van der Waals surface area contributed by atoms with Gasteiger partial charge < -0.3 is 15.4 Å². The van der Waals surface area contributed by atoms with Crippen LogP contribution in [0, 0.1) is 5.92 Å². The fraction of sp³-hybridized carbons (Fsp3) is 0.769. The van der Waals surface area contributed by atoms with Gasteiger partial charge in [0.15, 0.2) is 0 Å². The first kappa shape index (κ1) is 13.8. The average Bonchev–Trinajstić information content (AvgIpc) is 2.33. The number of hydrogen-bond acceptors (Lipinski definition) is 6. The summed E-state index contributed by atoms with van der Waals surface area (Å²) < 4.78 is 5.60. The van der Waals surface area contributed by atoms with Crippen molar-refractivity contribution in [3.8, 4) is 6.01 Å². The lowest BCUT2D eigenvalue weighted by molar-refractivity contribution is 0.212. The minimum Gasteiger partial charge on any atom is -0.463 e. The minimum atomic E-state index is 0.218. The Balaban J connectivity index is 1.94. The normalized spacial score (nSPS) is 15.1. The van der Waals surface area contributed by atoms with Crippen molar-refractivity contribution in [3.05, 3.63) is 0 Å². The summed E-state index contributed by atoms with van der Waals surface area (Å²) in [6.07, 6.45) is 5.09. The van der Waals surface area contributed by atoms with E-state index < -0.39 is 0 Å². The lowest BCUT2D eigenvalue weighted by Crippen LogP contribution is -2.25. The zero-order chi connectivity index (χ0) is 13.7. The Bertz CT molecular complexity index is 404. The van der Waals surface area contributed by atoms with E-state index in [0.29, 0.717) is 18.6 Å². The van der Waals surface area contributed by atoms with E-state index >= 15 is 0 Å². The van der Waals surface area contributed by atoms with Crippen molar-refractivity contribution in [2.24, 2.45) is 5.92 Å². The largest absolute Gasteiger partial charge is 0.463 e. The predicted molar refractivity (Wildman–Crippen MR) is 75.3 cm³/mol. The van der Waals surface area contributed by atoms with E-state index in [1.165, 1.54) is 19.3 Å². The average molecular weight is 265 g/mol. The summed E-state index contributed by atoms with van der Waals surface area (Å²) in [4.78, 5) is 14.5. The topological polar surface area (TPSA) is 77.2 Å². The molecule has 6 nitrogen and oxygen atoms in total. The molecule has 0 aromatic carbocycles. The molecule has 1 fully saturated rings. The molecule has 1 aliphatic carbocycles. The van der Waals surface area contributed by atoms with E-state index in [1.54, 1.807) is 0 Å². The van der Waals surface area contributed by atoms with Crippen LogP contribution in [0.15, 0.2) is 0 Å². The first-order valence-electron chi connectivity index (χ1n) is 7.12. The van der Waals surface area contributed by atoms with E-state index in [-0.39, 0.29) is 5.95 Å². The van der Waals surface area contributed by atoms with Crippen LogP contribution in [0.1, 0.15) is 39.5 Å². The second-order valence-corrected chi connectivity index (χ2v) is 4.88. The molecule has 0 radical (unpaired) electrons. The quantitative estimate of drug-likeness (QED) is 0.811. The van der Waals surface area contributed by atoms with Crippen LogP contribution in [-0.2, 0) is 0 Å². The number of anilines is 2. The number of ether oxygens (including phenoxy) is 1. The van der Waals surface area contributed by atoms with Crippen molar-refractivity contribution in [2.75, 3.05) is 30.3 Å². The smallest absolute Gasteiger partial charge is 0.323 e. The van der Waals surface area contributed by atoms with Crippen molar-refractivity contribution in [3.63, 3.8) is 0 Å². The number of nitrogens with zero attached hydrogens (tertiary/aromatic N) is 4. The molecule has 6 heteroatoms. The highest BCUT2D eigenvalue weighted by atomic mass is 16.5. The van der Waals surface area contributed by atoms with E-state index in [1.807, 2.05) is 4.90 Å². The third-order valence-corrected chi connectivity index (χ3v) is 3.65. The van der Waals surface area contributed by atoms with Gasteiger partial charge in [0.05, 0.1) is 6.61 Å². The van der Waals surface area contributed by atoms with Gasteiger partial charge >= 0.3 is 6.01 Å². The number of nitrogens with two attached hydrogens (primary N) is 1. The second-order valence-electron chi connectivity index (χ2n) is 4.88. The number of nitrogen functional groups attached to an aromatic ring is 1. The number of aromatic nitrogens is 3. The van der Waals surface area contributed by atoms with E-state index in [2.05, 4.69) is 28.8 Å². The molecule has 1 aromatic rings. The Morgan fingerprint density at radius 2 is 1.95 bits per heavy atom. The van der Waals surface area contributed by atoms with E-state index in [0.717, 1.165) is 25.4 Å². The van der Waals surface area contributed by atoms with Crippen molar-refractivity contribution in [1.29, 1.82) is 0 Å². The van der Waals surface area contributed by atoms with Gasteiger partial charge in [-0.25, -0.2) is 0 Å². The van der Waals surface area contributed by atoms with Crippen LogP contribution in [0.5, 0.6) is 6.01 Å². The molecular weight excluding hydrogens is 242 g/mol. The van der Waals surface area contributed by atoms with Gasteiger partial charge in [0.1, 0.15) is 0 Å². The van der Waals surface area contributed by atoms with Gasteiger partial charge in [0, 0.05) is 13.1 Å². The van der Waals surface area contributed by atoms with E-state index in [4.69, 9.17) is 10.5 Å². The Kier molecular flexibility index (Phi) is 4.76. The molecule has 0 unspecified atom stereocenters. The molecule has 0 atom stereocenters. The fourth-order valence-electron chi connectivity index (χ4n) is 2.17. The number of hydrogen-bond donors (Lipinski definition) is 1. The van der Waals surface area contributed by atoms with Crippen molar-refractivity contribution in [1.82, 2.24) is 15.0 Å². The van der Waals surface area contributed by atoms with Crippen LogP contribution >= 0.6 is 0 Å². The highest BCUT2D eigenvalue weighted by molar-refractivity contribution is 5.35. The van der Waals surface area contributed by atoms with Crippen molar-refractivity contribution < 1.29 is 4.74 Å². The van der Waals surface area contributed by atoms with Crippen LogP contribution in [0.3, 0.4) is 0 Å². The van der Waals surface area contributed by atoms with Crippen molar-refractivity contribution in [2.45, 2.75) is 39.5 Å². The molecule has 0 spiro atoms. The maximum absolute atomic E-state index is 5.71. The van der Waals surface area contributed by atoms with Crippen LogP contribution in [0.2, 0.25) is 0 Å². The highest BCUT2D eigenvalue weighted by Gasteiger charge is 2.17. The van der Waals surface area contributed by atoms with Gasteiger partial charge in [-0.15, -0.1) is 0 Å². The molecule has 0 aliphatic heterocycles. The molecule has 1 aliphatic rings. The highest BCUT2D eigenvalue weighted by Crippen LogP contribution is 2.29. The number of rotatable bonds is 7. The van der Waals surface area contributed by atoms with Crippen LogP contribution < -0.4 is 15.4 Å². The van der Waals surface area contributed by atoms with Gasteiger partial charge in [-0.2, -0.15) is 15.0 Å². The molecule has 1 saturated carbocycles. The Hall–Kier alpha value is -1.59. The molecule has 2 N–H and O–H groups in total. The molecule has 106 valence electrons. The standard InChI is InChI=1S/C13H23N5O/c1-3-18(4-2)12-15-11(14)16-13(17-12)19-9-8-10-6-5-7-10/h10H,3-9H2,1-2H3,(H2,14,15,16,17). The fourth-order valence-corrected chi connectivity index (χ4v) is 2.17. The third-order valence-electron chi connectivity index (χ3n) is 3.65. The van der Waals surface area contributed by atoms with E-state index in [9.17, 15) is 0 Å². The summed E-state index contributed by atoms with van der Waals surface area (Å²) >= 11 is 0. The predicted octanol–water partition coefficient (Wildman–Crippen LogP) is 1.87. The molecule has 0 bridgehead atoms. The van der Waals surface area contributed by atoms with Gasteiger partial charge in [-0.05, 0) is 26.2 Å². The summed E-state index contributed by atoms with van der Waals surface area (Å²) in [6, 6.07) is 0.341.